The highest BCUT2D eigenvalue weighted by Gasteiger charge is 2.43. The van der Waals surface area contributed by atoms with Gasteiger partial charge in [-0.15, -0.1) is 12.4 Å². The lowest BCUT2D eigenvalue weighted by molar-refractivity contribution is -0.122. The zero-order chi connectivity index (χ0) is 13.1. The first-order valence-electron chi connectivity index (χ1n) is 6.06. The maximum absolute atomic E-state index is 11.8. The Kier molecular flexibility index (Phi) is 6.40. The van der Waals surface area contributed by atoms with Gasteiger partial charge in [-0.3, -0.25) is 4.79 Å². The van der Waals surface area contributed by atoms with Crippen molar-refractivity contribution in [2.45, 2.75) is 18.8 Å². The number of halogens is 3. The van der Waals surface area contributed by atoms with Crippen molar-refractivity contribution < 1.29 is 4.79 Å². The fourth-order valence-electron chi connectivity index (χ4n) is 2.04. The van der Waals surface area contributed by atoms with Crippen LogP contribution >= 0.6 is 35.6 Å². The SMILES string of the molecule is Cl.NCCCNC(=O)C1CC1c1ccc(Cl)c(Cl)c1. The highest BCUT2D eigenvalue weighted by atomic mass is 35.5. The Labute approximate surface area is 129 Å². The monoisotopic (exact) mass is 322 g/mol. The molecule has 0 aliphatic heterocycles. The van der Waals surface area contributed by atoms with Gasteiger partial charge in [-0.1, -0.05) is 29.3 Å². The van der Waals surface area contributed by atoms with Crippen molar-refractivity contribution in [3.63, 3.8) is 0 Å². The molecule has 1 aliphatic carbocycles. The molecule has 2 unspecified atom stereocenters. The smallest absolute Gasteiger partial charge is 0.223 e. The third kappa shape index (κ3) is 4.25. The number of nitrogens with two attached hydrogens (primary N) is 1. The second kappa shape index (κ2) is 7.34. The fraction of sp³-hybridized carbons (Fsp3) is 0.462. The molecule has 0 bridgehead atoms. The Bertz CT molecular complexity index is 454. The third-order valence-electron chi connectivity index (χ3n) is 3.18. The average Bonchev–Trinajstić information content (AvgIpc) is 3.13. The summed E-state index contributed by atoms with van der Waals surface area (Å²) < 4.78 is 0. The lowest BCUT2D eigenvalue weighted by Gasteiger charge is -2.04. The molecule has 1 aromatic carbocycles. The maximum atomic E-state index is 11.8. The van der Waals surface area contributed by atoms with Crippen LogP contribution in [0.4, 0.5) is 0 Å². The molecule has 0 aromatic heterocycles. The van der Waals surface area contributed by atoms with Crippen molar-refractivity contribution in [2.75, 3.05) is 13.1 Å². The van der Waals surface area contributed by atoms with Crippen LogP contribution < -0.4 is 11.1 Å². The minimum atomic E-state index is 0. The topological polar surface area (TPSA) is 55.1 Å². The van der Waals surface area contributed by atoms with Crippen LogP contribution in [0.15, 0.2) is 18.2 Å². The summed E-state index contributed by atoms with van der Waals surface area (Å²) in [5.74, 6) is 0.456. The predicted octanol–water partition coefficient (Wildman–Crippen LogP) is 2.98. The van der Waals surface area contributed by atoms with Crippen molar-refractivity contribution in [2.24, 2.45) is 11.7 Å². The summed E-state index contributed by atoms with van der Waals surface area (Å²) in [6, 6.07) is 5.56. The number of benzene rings is 1. The lowest BCUT2D eigenvalue weighted by Crippen LogP contribution is -2.27. The summed E-state index contributed by atoms with van der Waals surface area (Å²) in [4.78, 5) is 11.8. The molecule has 0 radical (unpaired) electrons. The van der Waals surface area contributed by atoms with Gasteiger partial charge < -0.3 is 11.1 Å². The van der Waals surface area contributed by atoms with Crippen molar-refractivity contribution >= 4 is 41.5 Å². The van der Waals surface area contributed by atoms with E-state index in [0.717, 1.165) is 18.4 Å². The van der Waals surface area contributed by atoms with Gasteiger partial charge in [-0.2, -0.15) is 0 Å². The average molecular weight is 324 g/mol. The Morgan fingerprint density at radius 1 is 1.37 bits per heavy atom. The van der Waals surface area contributed by atoms with E-state index in [2.05, 4.69) is 5.32 Å². The van der Waals surface area contributed by atoms with E-state index in [1.165, 1.54) is 0 Å². The van der Waals surface area contributed by atoms with E-state index in [0.29, 0.717) is 23.1 Å². The molecule has 6 heteroatoms. The van der Waals surface area contributed by atoms with Gasteiger partial charge in [0.1, 0.15) is 0 Å². The summed E-state index contributed by atoms with van der Waals surface area (Å²) in [6.45, 7) is 1.25. The van der Waals surface area contributed by atoms with Crippen molar-refractivity contribution in [3.05, 3.63) is 33.8 Å². The minimum Gasteiger partial charge on any atom is -0.356 e. The number of rotatable bonds is 5. The van der Waals surface area contributed by atoms with Gasteiger partial charge in [0, 0.05) is 12.5 Å². The molecule has 1 aromatic rings. The molecule has 0 saturated heterocycles. The molecule has 2 rings (SSSR count). The molecule has 2 atom stereocenters. The van der Waals surface area contributed by atoms with E-state index in [1.807, 2.05) is 12.1 Å². The van der Waals surface area contributed by atoms with Gasteiger partial charge in [-0.05, 0) is 43.0 Å². The number of carbonyl (C=O) groups excluding carboxylic acids is 1. The van der Waals surface area contributed by atoms with Crippen LogP contribution in [0, 0.1) is 5.92 Å². The number of nitrogens with one attached hydrogen (secondary N) is 1. The summed E-state index contributed by atoms with van der Waals surface area (Å²) in [7, 11) is 0. The molecule has 1 amide bonds. The zero-order valence-electron chi connectivity index (χ0n) is 10.4. The molecular weight excluding hydrogens is 307 g/mol. The Hall–Kier alpha value is -0.480. The molecule has 106 valence electrons. The molecule has 19 heavy (non-hydrogen) atoms. The molecule has 1 saturated carbocycles. The second-order valence-corrected chi connectivity index (χ2v) is 5.37. The number of carbonyl (C=O) groups is 1. The summed E-state index contributed by atoms with van der Waals surface area (Å²) in [5, 5.41) is 3.98. The third-order valence-corrected chi connectivity index (χ3v) is 3.92. The highest BCUT2D eigenvalue weighted by Crippen LogP contribution is 2.48. The fourth-order valence-corrected chi connectivity index (χ4v) is 2.35. The normalized spacial score (nSPS) is 20.6. The summed E-state index contributed by atoms with van der Waals surface area (Å²) in [5.41, 5.74) is 6.46. The van der Waals surface area contributed by atoms with Gasteiger partial charge in [-0.25, -0.2) is 0 Å². The van der Waals surface area contributed by atoms with Crippen LogP contribution in [0.2, 0.25) is 10.0 Å². The lowest BCUT2D eigenvalue weighted by atomic mass is 10.1. The minimum absolute atomic E-state index is 0. The van der Waals surface area contributed by atoms with Crippen LogP contribution in [-0.2, 0) is 4.79 Å². The van der Waals surface area contributed by atoms with Crippen molar-refractivity contribution in [1.82, 2.24) is 5.32 Å². The first kappa shape index (κ1) is 16.6. The number of amides is 1. The molecule has 3 N–H and O–H groups in total. The van der Waals surface area contributed by atoms with E-state index in [-0.39, 0.29) is 30.2 Å². The second-order valence-electron chi connectivity index (χ2n) is 4.56. The predicted molar refractivity (Wildman–Crippen MR) is 81.2 cm³/mol. The van der Waals surface area contributed by atoms with Gasteiger partial charge in [0.15, 0.2) is 0 Å². The van der Waals surface area contributed by atoms with E-state index >= 15 is 0 Å². The van der Waals surface area contributed by atoms with E-state index in [4.69, 9.17) is 28.9 Å². The molecule has 1 aliphatic rings. The van der Waals surface area contributed by atoms with Gasteiger partial charge in [0.2, 0.25) is 5.91 Å². The largest absolute Gasteiger partial charge is 0.356 e. The maximum Gasteiger partial charge on any atom is 0.223 e. The first-order valence-corrected chi connectivity index (χ1v) is 6.82. The van der Waals surface area contributed by atoms with E-state index in [1.54, 1.807) is 6.07 Å². The van der Waals surface area contributed by atoms with Gasteiger partial charge in [0.05, 0.1) is 10.0 Å². The van der Waals surface area contributed by atoms with Crippen molar-refractivity contribution in [1.29, 1.82) is 0 Å². The molecule has 3 nitrogen and oxygen atoms in total. The van der Waals surface area contributed by atoms with Crippen LogP contribution in [-0.4, -0.2) is 19.0 Å². The molecule has 0 heterocycles. The Morgan fingerprint density at radius 2 is 2.11 bits per heavy atom. The Morgan fingerprint density at radius 3 is 2.74 bits per heavy atom. The molecule has 0 spiro atoms. The van der Waals surface area contributed by atoms with Crippen molar-refractivity contribution in [3.8, 4) is 0 Å². The summed E-state index contributed by atoms with van der Waals surface area (Å²) in [6.07, 6.45) is 1.70. The van der Waals surface area contributed by atoms with Gasteiger partial charge >= 0.3 is 0 Å². The number of hydrogen-bond acceptors (Lipinski definition) is 2. The zero-order valence-corrected chi connectivity index (χ0v) is 12.7. The summed E-state index contributed by atoms with van der Waals surface area (Å²) >= 11 is 11.8. The molecule has 1 fully saturated rings. The molecular formula is C13H17Cl3N2O. The van der Waals surface area contributed by atoms with Crippen LogP contribution in [0.3, 0.4) is 0 Å². The van der Waals surface area contributed by atoms with Crippen LogP contribution in [0.1, 0.15) is 24.3 Å². The first-order chi connectivity index (χ1) is 8.63. The highest BCUT2D eigenvalue weighted by molar-refractivity contribution is 6.42. The van der Waals surface area contributed by atoms with Crippen LogP contribution in [0.5, 0.6) is 0 Å². The number of hydrogen-bond donors (Lipinski definition) is 2. The Balaban J connectivity index is 0.00000180. The van der Waals surface area contributed by atoms with E-state index < -0.39 is 0 Å². The van der Waals surface area contributed by atoms with Crippen LogP contribution in [0.25, 0.3) is 0 Å². The van der Waals surface area contributed by atoms with Gasteiger partial charge in [0.25, 0.3) is 0 Å². The van der Waals surface area contributed by atoms with E-state index in [9.17, 15) is 4.79 Å². The standard InChI is InChI=1S/C13H16Cl2N2O.ClH/c14-11-3-2-8(6-12(11)15)9-7-10(9)13(18)17-5-1-4-16;/h2-3,6,9-10H,1,4-5,7,16H2,(H,17,18);1H. The quantitative estimate of drug-likeness (QED) is 0.819.